The fourth-order valence-corrected chi connectivity index (χ4v) is 3.99. The molecule has 4 aromatic rings. The van der Waals surface area contributed by atoms with Crippen LogP contribution in [0.3, 0.4) is 0 Å². The van der Waals surface area contributed by atoms with Gasteiger partial charge in [0, 0.05) is 40.0 Å². The first-order chi connectivity index (χ1) is 16.6. The minimum absolute atomic E-state index is 0. The number of aromatic nitrogens is 2. The summed E-state index contributed by atoms with van der Waals surface area (Å²) < 4.78 is 26.9. The summed E-state index contributed by atoms with van der Waals surface area (Å²) in [5.41, 5.74) is 2.76. The van der Waals surface area contributed by atoms with Gasteiger partial charge in [-0.1, -0.05) is 54.9 Å². The van der Waals surface area contributed by atoms with Crippen LogP contribution >= 0.6 is 0 Å². The van der Waals surface area contributed by atoms with E-state index in [4.69, 9.17) is 0 Å². The molecule has 0 N–H and O–H groups in total. The fraction of sp³-hybridized carbons (Fsp3) is 0.167. The molecule has 12 heteroatoms. The molecule has 0 saturated heterocycles. The number of carboxylic acids is 2. The second kappa shape index (κ2) is 12.6. The van der Waals surface area contributed by atoms with Crippen LogP contribution in [0.4, 0.5) is 0 Å². The topological polar surface area (TPSA) is 168 Å². The van der Waals surface area contributed by atoms with E-state index >= 15 is 0 Å². The van der Waals surface area contributed by atoms with Crippen LogP contribution in [0.5, 0.6) is 0 Å². The number of pyridine rings is 2. The second-order valence-corrected chi connectivity index (χ2v) is 9.08. The van der Waals surface area contributed by atoms with Crippen molar-refractivity contribution in [2.24, 2.45) is 0 Å². The summed E-state index contributed by atoms with van der Waals surface area (Å²) in [4.78, 5) is 29.8. The third kappa shape index (κ3) is 7.38. The monoisotopic (exact) mass is 687 g/mol. The number of carbonyl (C=O) groups excluding carboxylic acids is 2. The molecule has 0 amide bonds. The summed E-state index contributed by atoms with van der Waals surface area (Å²) in [5, 5.41) is 26.9. The molecule has 2 aromatic heterocycles. The summed E-state index contributed by atoms with van der Waals surface area (Å²) in [6, 6.07) is 16.1. The first kappa shape index (κ1) is 29.0. The Labute approximate surface area is 222 Å². The molecule has 0 aliphatic heterocycles. The van der Waals surface area contributed by atoms with Crippen LogP contribution in [0.1, 0.15) is 12.5 Å². The molecule has 2 aromatic carbocycles. The van der Waals surface area contributed by atoms with Gasteiger partial charge in [0.15, 0.2) is 0 Å². The number of nitrogens with zero attached hydrogens (tertiary/aromatic N) is 4. The minimum atomic E-state index is -4.30. The summed E-state index contributed by atoms with van der Waals surface area (Å²) >= 11 is 0. The maximum atomic E-state index is 11.9. The van der Waals surface area contributed by atoms with Gasteiger partial charge in [-0.15, -0.1) is 0 Å². The molecule has 10 nitrogen and oxygen atoms in total. The first-order valence-electron chi connectivity index (χ1n) is 10.3. The SMILES string of the molecule is Cc1ccc(S(=O)(=O)[N-]C([N-][C@H](C)C(=O)[O-])C(=O)[O-])cc1.[Pt+4].c1cnc2c(c1)ccc1cccnc12. The molecule has 0 fully saturated rings. The van der Waals surface area contributed by atoms with E-state index in [2.05, 4.69) is 44.3 Å². The van der Waals surface area contributed by atoms with Crippen molar-refractivity contribution in [2.75, 3.05) is 0 Å². The number of hydrogen-bond acceptors (Lipinski definition) is 8. The van der Waals surface area contributed by atoms with E-state index in [-0.39, 0.29) is 26.0 Å². The molecule has 2 atom stereocenters. The number of carbonyl (C=O) groups is 2. The molecule has 0 saturated carbocycles. The molecule has 0 radical (unpaired) electrons. The van der Waals surface area contributed by atoms with Gasteiger partial charge in [-0.2, -0.15) is 6.17 Å². The van der Waals surface area contributed by atoms with Crippen LogP contribution in [0.15, 0.2) is 78.0 Å². The Morgan fingerprint density at radius 1 is 0.833 bits per heavy atom. The van der Waals surface area contributed by atoms with Crippen LogP contribution in [0, 0.1) is 6.92 Å². The van der Waals surface area contributed by atoms with Crippen LogP contribution < -0.4 is 10.2 Å². The molecular formula is C24H20N4O6PtS. The normalized spacial score (nSPS) is 12.6. The zero-order valence-electron chi connectivity index (χ0n) is 19.0. The maximum absolute atomic E-state index is 11.9. The second-order valence-electron chi connectivity index (χ2n) is 7.45. The van der Waals surface area contributed by atoms with Crippen LogP contribution in [0.25, 0.3) is 31.8 Å². The smallest absolute Gasteiger partial charge is 0.665 e. The van der Waals surface area contributed by atoms with E-state index in [1.165, 1.54) is 24.3 Å². The number of carboxylic acid groups (broad SMARTS) is 2. The quantitative estimate of drug-likeness (QED) is 0.263. The van der Waals surface area contributed by atoms with Crippen molar-refractivity contribution >= 4 is 43.8 Å². The number of fused-ring (bicyclic) bond motifs is 3. The first-order valence-corrected chi connectivity index (χ1v) is 11.8. The average molecular weight is 688 g/mol. The Bertz CT molecular complexity index is 1410. The Kier molecular flexibility index (Phi) is 10.2. The van der Waals surface area contributed by atoms with Gasteiger partial charge in [-0.05, 0) is 31.2 Å². The van der Waals surface area contributed by atoms with Crippen molar-refractivity contribution in [2.45, 2.75) is 31.0 Å². The van der Waals surface area contributed by atoms with Crippen LogP contribution in [-0.4, -0.2) is 42.5 Å². The van der Waals surface area contributed by atoms with Crippen LogP contribution in [-0.2, 0) is 40.7 Å². The van der Waals surface area contributed by atoms with Gasteiger partial charge < -0.3 is 29.8 Å². The van der Waals surface area contributed by atoms with Crippen molar-refractivity contribution in [1.29, 1.82) is 0 Å². The van der Waals surface area contributed by atoms with Crippen molar-refractivity contribution in [3.8, 4) is 0 Å². The Balaban J connectivity index is 0.000000262. The standard InChI is InChI=1S/C12H14N2O6S.C12H8N2.Pt/c1-7-3-5-9(6-4-7)21(19,20)14-10(12(17)18)13-8(2)11(15)16;1-3-9-5-6-10-4-2-8-14-12(10)11(9)13-7-1;/h3-6,8,10H,1-2H3,(H,15,16)(H,17,18);1-8H;/q-2;;+4/p-2/t8-,10?;;/m1../s1. The predicted molar refractivity (Wildman–Crippen MR) is 125 cm³/mol. The number of aryl methyl sites for hydroxylation is 1. The number of hydrogen-bond donors (Lipinski definition) is 0. The van der Waals surface area contributed by atoms with Crippen molar-refractivity contribution < 1.29 is 49.3 Å². The zero-order valence-corrected chi connectivity index (χ0v) is 22.1. The largest absolute Gasteiger partial charge is 4.00 e. The molecule has 0 spiro atoms. The van der Waals surface area contributed by atoms with Gasteiger partial charge in [-0.25, -0.2) is 8.42 Å². The number of benzene rings is 2. The van der Waals surface area contributed by atoms with E-state index in [1.807, 2.05) is 12.1 Å². The van der Waals surface area contributed by atoms with Gasteiger partial charge in [0.05, 0.1) is 11.0 Å². The van der Waals surface area contributed by atoms with E-state index in [1.54, 1.807) is 19.3 Å². The minimum Gasteiger partial charge on any atom is -0.665 e. The van der Waals surface area contributed by atoms with Crippen molar-refractivity contribution in [3.63, 3.8) is 0 Å². The average Bonchev–Trinajstić information content (AvgIpc) is 2.84. The molecule has 36 heavy (non-hydrogen) atoms. The van der Waals surface area contributed by atoms with E-state index < -0.39 is 34.2 Å². The maximum Gasteiger partial charge on any atom is 4.00 e. The molecule has 2 heterocycles. The summed E-state index contributed by atoms with van der Waals surface area (Å²) in [5.74, 6) is -3.57. The summed E-state index contributed by atoms with van der Waals surface area (Å²) in [6.45, 7) is 2.79. The molecule has 4 rings (SSSR count). The third-order valence-corrected chi connectivity index (χ3v) is 6.16. The fourth-order valence-electron chi connectivity index (χ4n) is 2.99. The van der Waals surface area contributed by atoms with Gasteiger partial charge in [-0.3, -0.25) is 9.97 Å². The molecule has 0 bridgehead atoms. The number of aliphatic carboxylic acids is 2. The molecule has 0 aliphatic carbocycles. The number of sulfonamides is 1. The molecule has 188 valence electrons. The molecular weight excluding hydrogens is 667 g/mol. The Morgan fingerprint density at radius 3 is 1.78 bits per heavy atom. The van der Waals surface area contributed by atoms with Gasteiger partial charge in [0.25, 0.3) is 0 Å². The zero-order chi connectivity index (χ0) is 25.6. The number of rotatable bonds is 7. The van der Waals surface area contributed by atoms with Crippen molar-refractivity contribution in [3.05, 3.63) is 88.7 Å². The van der Waals surface area contributed by atoms with Gasteiger partial charge in [0.1, 0.15) is 10.0 Å². The summed E-state index contributed by atoms with van der Waals surface area (Å²) in [6.07, 6.45) is 1.46. The van der Waals surface area contributed by atoms with E-state index in [9.17, 15) is 28.2 Å². The Hall–Kier alpha value is -3.24. The molecule has 1 unspecified atom stereocenters. The van der Waals surface area contributed by atoms with Crippen molar-refractivity contribution in [1.82, 2.24) is 9.97 Å². The van der Waals surface area contributed by atoms with E-state index in [0.717, 1.165) is 34.3 Å². The molecule has 0 aliphatic rings. The van der Waals surface area contributed by atoms with E-state index in [0.29, 0.717) is 0 Å². The Morgan fingerprint density at radius 2 is 1.33 bits per heavy atom. The predicted octanol–water partition coefficient (Wildman–Crippen LogP) is 1.43. The third-order valence-electron chi connectivity index (χ3n) is 4.82. The summed E-state index contributed by atoms with van der Waals surface area (Å²) in [7, 11) is -4.30. The van der Waals surface area contributed by atoms with Gasteiger partial charge in [0.2, 0.25) is 0 Å². The van der Waals surface area contributed by atoms with Gasteiger partial charge >= 0.3 is 21.1 Å². The van der Waals surface area contributed by atoms with Crippen LogP contribution in [0.2, 0.25) is 0 Å².